The van der Waals surface area contributed by atoms with E-state index in [9.17, 15) is 4.79 Å². The summed E-state index contributed by atoms with van der Waals surface area (Å²) in [5, 5.41) is 7.81. The summed E-state index contributed by atoms with van der Waals surface area (Å²) in [6.07, 6.45) is 0.935. The molecule has 0 fully saturated rings. The van der Waals surface area contributed by atoms with Gasteiger partial charge in [0.05, 0.1) is 18.6 Å². The zero-order chi connectivity index (χ0) is 17.4. The second-order valence-electron chi connectivity index (χ2n) is 4.95. The van der Waals surface area contributed by atoms with Gasteiger partial charge in [0.2, 0.25) is 0 Å². The van der Waals surface area contributed by atoms with Crippen LogP contribution in [0.4, 0.5) is 0 Å². The van der Waals surface area contributed by atoms with Gasteiger partial charge in [0.25, 0.3) is 5.91 Å². The molecular formula is C17H20N2O3S2. The Morgan fingerprint density at radius 3 is 2.79 bits per heavy atom. The zero-order valence-corrected chi connectivity index (χ0v) is 15.3. The van der Waals surface area contributed by atoms with Crippen molar-refractivity contribution in [1.29, 1.82) is 0 Å². The molecule has 1 amide bonds. The Kier molecular flexibility index (Phi) is 7.02. The molecule has 0 unspecified atom stereocenters. The minimum atomic E-state index is -0.205. The number of thiophene rings is 1. The number of amides is 1. The number of thiocarbonyl (C=S) groups is 1. The molecule has 5 nitrogen and oxygen atoms in total. The molecule has 1 aromatic carbocycles. The van der Waals surface area contributed by atoms with Crippen molar-refractivity contribution >= 4 is 34.6 Å². The molecule has 1 heterocycles. The quantitative estimate of drug-likeness (QED) is 0.738. The number of hydrogen-bond acceptors (Lipinski definition) is 5. The van der Waals surface area contributed by atoms with E-state index in [0.29, 0.717) is 28.9 Å². The van der Waals surface area contributed by atoms with Crippen LogP contribution in [0.15, 0.2) is 35.7 Å². The lowest BCUT2D eigenvalue weighted by molar-refractivity contribution is 0.0980. The number of hydrogen-bond donors (Lipinski definition) is 2. The first-order valence-corrected chi connectivity index (χ1v) is 8.85. The van der Waals surface area contributed by atoms with Gasteiger partial charge in [-0.1, -0.05) is 19.1 Å². The van der Waals surface area contributed by atoms with Crippen molar-refractivity contribution in [2.45, 2.75) is 19.9 Å². The van der Waals surface area contributed by atoms with E-state index in [-0.39, 0.29) is 5.91 Å². The lowest BCUT2D eigenvalue weighted by Crippen LogP contribution is -2.38. The van der Waals surface area contributed by atoms with Gasteiger partial charge >= 0.3 is 0 Å². The van der Waals surface area contributed by atoms with Gasteiger partial charge in [-0.15, -0.1) is 11.3 Å². The molecule has 0 aliphatic heterocycles. The Morgan fingerprint density at radius 2 is 2.12 bits per heavy atom. The molecule has 0 spiro atoms. The maximum absolute atomic E-state index is 11.9. The highest BCUT2D eigenvalue weighted by Crippen LogP contribution is 2.28. The standard InChI is InChI=1S/C17H20N2O3S2/c1-3-8-22-13-7-6-12(10-14(13)21-2)11-18-17(23)19-16(20)15-5-4-9-24-15/h4-7,9-10H,3,8,11H2,1-2H3,(H2,18,19,20,23). The van der Waals surface area contributed by atoms with Crippen LogP contribution in [0.1, 0.15) is 28.6 Å². The van der Waals surface area contributed by atoms with E-state index in [1.54, 1.807) is 13.2 Å². The van der Waals surface area contributed by atoms with Crippen LogP contribution in [0.2, 0.25) is 0 Å². The van der Waals surface area contributed by atoms with Gasteiger partial charge in [0, 0.05) is 6.54 Å². The Hall–Kier alpha value is -2.12. The van der Waals surface area contributed by atoms with Crippen LogP contribution < -0.4 is 20.1 Å². The summed E-state index contributed by atoms with van der Waals surface area (Å²) in [7, 11) is 1.61. The minimum Gasteiger partial charge on any atom is -0.493 e. The Morgan fingerprint density at radius 1 is 1.29 bits per heavy atom. The van der Waals surface area contributed by atoms with Crippen LogP contribution in [0.25, 0.3) is 0 Å². The van der Waals surface area contributed by atoms with E-state index in [0.717, 1.165) is 17.7 Å². The molecular weight excluding hydrogens is 344 g/mol. The van der Waals surface area contributed by atoms with Gasteiger partial charge in [-0.05, 0) is 47.8 Å². The SMILES string of the molecule is CCCOc1ccc(CNC(=S)NC(=O)c2cccs2)cc1OC. The molecule has 24 heavy (non-hydrogen) atoms. The van der Waals surface area contributed by atoms with Crippen molar-refractivity contribution < 1.29 is 14.3 Å². The van der Waals surface area contributed by atoms with Crippen LogP contribution >= 0.6 is 23.6 Å². The number of carbonyl (C=O) groups is 1. The molecule has 0 bridgehead atoms. The minimum absolute atomic E-state index is 0.205. The molecule has 0 saturated heterocycles. The molecule has 1 aromatic heterocycles. The second kappa shape index (κ2) is 9.24. The summed E-state index contributed by atoms with van der Waals surface area (Å²) in [6, 6.07) is 9.28. The van der Waals surface area contributed by atoms with Crippen LogP contribution in [0, 0.1) is 0 Å². The number of nitrogens with one attached hydrogen (secondary N) is 2. The van der Waals surface area contributed by atoms with Crippen molar-refractivity contribution in [3.05, 3.63) is 46.2 Å². The molecule has 0 atom stereocenters. The molecule has 2 rings (SSSR count). The first-order chi connectivity index (χ1) is 11.6. The zero-order valence-electron chi connectivity index (χ0n) is 13.6. The number of ether oxygens (including phenoxy) is 2. The molecule has 2 N–H and O–H groups in total. The molecule has 0 aliphatic rings. The molecule has 128 valence electrons. The summed E-state index contributed by atoms with van der Waals surface area (Å²) in [5.41, 5.74) is 0.975. The van der Waals surface area contributed by atoms with Gasteiger partial charge in [-0.3, -0.25) is 10.1 Å². The number of rotatable bonds is 7. The van der Waals surface area contributed by atoms with E-state index in [2.05, 4.69) is 17.6 Å². The molecule has 0 saturated carbocycles. The van der Waals surface area contributed by atoms with E-state index in [4.69, 9.17) is 21.7 Å². The fraction of sp³-hybridized carbons (Fsp3) is 0.294. The van der Waals surface area contributed by atoms with Crippen LogP contribution in [-0.2, 0) is 6.54 Å². The maximum atomic E-state index is 11.9. The van der Waals surface area contributed by atoms with Gasteiger partial charge in [-0.25, -0.2) is 0 Å². The normalized spacial score (nSPS) is 10.1. The van der Waals surface area contributed by atoms with Crippen molar-refractivity contribution in [2.24, 2.45) is 0 Å². The van der Waals surface area contributed by atoms with Crippen LogP contribution in [0.3, 0.4) is 0 Å². The highest BCUT2D eigenvalue weighted by atomic mass is 32.1. The monoisotopic (exact) mass is 364 g/mol. The fourth-order valence-electron chi connectivity index (χ4n) is 1.95. The maximum Gasteiger partial charge on any atom is 0.267 e. The fourth-order valence-corrected chi connectivity index (χ4v) is 2.74. The average Bonchev–Trinajstić information content (AvgIpc) is 3.13. The van der Waals surface area contributed by atoms with Gasteiger partial charge in [0.1, 0.15) is 0 Å². The Balaban J connectivity index is 1.89. The summed E-state index contributed by atoms with van der Waals surface area (Å²) in [5.74, 6) is 1.19. The highest BCUT2D eigenvalue weighted by molar-refractivity contribution is 7.80. The number of methoxy groups -OCH3 is 1. The van der Waals surface area contributed by atoms with E-state index < -0.39 is 0 Å². The average molecular weight is 364 g/mol. The summed E-state index contributed by atoms with van der Waals surface area (Å²) in [6.45, 7) is 3.18. The van der Waals surface area contributed by atoms with Gasteiger partial charge in [0.15, 0.2) is 16.6 Å². The van der Waals surface area contributed by atoms with Crippen LogP contribution in [-0.4, -0.2) is 24.7 Å². The second-order valence-corrected chi connectivity index (χ2v) is 6.30. The van der Waals surface area contributed by atoms with E-state index in [1.807, 2.05) is 29.6 Å². The molecule has 7 heteroatoms. The third kappa shape index (κ3) is 5.21. The van der Waals surface area contributed by atoms with Crippen molar-refractivity contribution in [3.8, 4) is 11.5 Å². The topological polar surface area (TPSA) is 59.6 Å². The first-order valence-electron chi connectivity index (χ1n) is 7.56. The molecule has 2 aromatic rings. The Labute approximate surface area is 151 Å². The lowest BCUT2D eigenvalue weighted by atomic mass is 10.2. The van der Waals surface area contributed by atoms with Crippen molar-refractivity contribution in [2.75, 3.05) is 13.7 Å². The summed E-state index contributed by atoms with van der Waals surface area (Å²) in [4.78, 5) is 12.5. The molecule has 0 aliphatic carbocycles. The summed E-state index contributed by atoms with van der Waals surface area (Å²) < 4.78 is 11.0. The first kappa shape index (κ1) is 18.2. The van der Waals surface area contributed by atoms with Crippen molar-refractivity contribution in [3.63, 3.8) is 0 Å². The summed E-state index contributed by atoms with van der Waals surface area (Å²) >= 11 is 6.52. The predicted octanol–water partition coefficient (Wildman–Crippen LogP) is 3.35. The van der Waals surface area contributed by atoms with E-state index >= 15 is 0 Å². The van der Waals surface area contributed by atoms with E-state index in [1.165, 1.54) is 11.3 Å². The van der Waals surface area contributed by atoms with Crippen molar-refractivity contribution in [1.82, 2.24) is 10.6 Å². The third-order valence-electron chi connectivity index (χ3n) is 3.11. The smallest absolute Gasteiger partial charge is 0.267 e. The van der Waals surface area contributed by atoms with Gasteiger partial charge in [-0.2, -0.15) is 0 Å². The largest absolute Gasteiger partial charge is 0.493 e. The van der Waals surface area contributed by atoms with Gasteiger partial charge < -0.3 is 14.8 Å². The highest BCUT2D eigenvalue weighted by Gasteiger charge is 2.09. The predicted molar refractivity (Wildman–Crippen MR) is 100 cm³/mol. The number of carbonyl (C=O) groups excluding carboxylic acids is 1. The Bertz CT molecular complexity index is 687. The molecule has 0 radical (unpaired) electrons. The number of benzene rings is 1. The lowest BCUT2D eigenvalue weighted by Gasteiger charge is -2.13. The van der Waals surface area contributed by atoms with Crippen LogP contribution in [0.5, 0.6) is 11.5 Å². The third-order valence-corrected chi connectivity index (χ3v) is 4.23.